The fourth-order valence-electron chi connectivity index (χ4n) is 0.931. The standard InChI is InChI=1S/C8H18N4O2/c1-10-8(11-2)12-5-3-4-6(9)7(13)14/h6H,3-5,9H2,1-2H3,(H,13,14)(H2,10,11,12)/t6-/m0/s1/i3+1,4+1,5+1,6+1,7+1. The number of nitrogens with zero attached hydrogens (tertiary/aromatic N) is 1. The molecule has 6 nitrogen and oxygen atoms in total. The molecule has 5 N–H and O–H groups in total. The molecule has 0 bridgehead atoms. The van der Waals surface area contributed by atoms with Gasteiger partial charge in [0.25, 0.3) is 0 Å². The zero-order valence-corrected chi connectivity index (χ0v) is 8.58. The minimum absolute atomic E-state index is 0.461. The summed E-state index contributed by atoms with van der Waals surface area (Å²) in [5, 5.41) is 14.4. The lowest BCUT2D eigenvalue weighted by molar-refractivity contribution is -0.138. The number of nitrogens with two attached hydrogens (primary N) is 1. The molecule has 14 heavy (non-hydrogen) atoms. The van der Waals surface area contributed by atoms with E-state index in [1.165, 1.54) is 0 Å². The topological polar surface area (TPSA) is 99.7 Å². The Balaban J connectivity index is 3.51. The summed E-state index contributed by atoms with van der Waals surface area (Å²) in [6, 6.07) is -0.770. The van der Waals surface area contributed by atoms with Crippen molar-refractivity contribution in [1.82, 2.24) is 10.6 Å². The van der Waals surface area contributed by atoms with Crippen LogP contribution in [0.15, 0.2) is 4.99 Å². The van der Waals surface area contributed by atoms with Gasteiger partial charge < -0.3 is 21.5 Å². The number of aliphatic carboxylic acids is 1. The first-order valence-electron chi connectivity index (χ1n) is 4.48. The molecule has 0 unspecified atom stereocenters. The SMILES string of the molecule is CN=C(NC)N[13CH2][13CH2][13CH2][13C@H](N)[13C](=O)O. The number of carboxylic acid groups (broad SMARTS) is 1. The highest BCUT2D eigenvalue weighted by Crippen LogP contribution is 1.92. The van der Waals surface area contributed by atoms with Gasteiger partial charge in [-0.3, -0.25) is 9.79 Å². The van der Waals surface area contributed by atoms with Gasteiger partial charge in [-0.2, -0.15) is 0 Å². The first-order valence-corrected chi connectivity index (χ1v) is 4.48. The second kappa shape index (κ2) is 7.14. The van der Waals surface area contributed by atoms with Crippen LogP contribution in [0.5, 0.6) is 0 Å². The molecule has 6 heteroatoms. The predicted molar refractivity (Wildman–Crippen MR) is 55.3 cm³/mol. The van der Waals surface area contributed by atoms with Crippen LogP contribution in [-0.4, -0.2) is 43.7 Å². The van der Waals surface area contributed by atoms with Gasteiger partial charge in [-0.25, -0.2) is 0 Å². The Kier molecular flexibility index (Phi) is 6.47. The summed E-state index contributed by atoms with van der Waals surface area (Å²) >= 11 is 0. The van der Waals surface area contributed by atoms with Crippen molar-refractivity contribution in [1.29, 1.82) is 0 Å². The summed E-state index contributed by atoms with van der Waals surface area (Å²) < 4.78 is 0. The molecule has 0 aromatic rings. The Morgan fingerprint density at radius 2 is 2.29 bits per heavy atom. The van der Waals surface area contributed by atoms with Gasteiger partial charge in [0.1, 0.15) is 6.04 Å². The lowest BCUT2D eigenvalue weighted by Crippen LogP contribution is -2.36. The third-order valence-electron chi connectivity index (χ3n) is 1.76. The molecule has 0 heterocycles. The summed E-state index contributed by atoms with van der Waals surface area (Å²) in [5.74, 6) is -0.267. The molecule has 0 saturated heterocycles. The number of carbonyl (C=O) groups is 1. The molecule has 0 aromatic carbocycles. The van der Waals surface area contributed by atoms with Crippen LogP contribution in [0.3, 0.4) is 0 Å². The molecule has 0 spiro atoms. The smallest absolute Gasteiger partial charge is 0.320 e. The van der Waals surface area contributed by atoms with Crippen molar-refractivity contribution in [3.63, 3.8) is 0 Å². The number of nitrogens with one attached hydrogen (secondary N) is 2. The third kappa shape index (κ3) is 5.36. The van der Waals surface area contributed by atoms with Gasteiger partial charge in [-0.05, 0) is 12.8 Å². The minimum atomic E-state index is -0.956. The van der Waals surface area contributed by atoms with Crippen LogP contribution in [0.4, 0.5) is 0 Å². The number of guanidine groups is 1. The number of carboxylic acids is 1. The van der Waals surface area contributed by atoms with Crippen molar-refractivity contribution in [2.75, 3.05) is 20.6 Å². The van der Waals surface area contributed by atoms with Gasteiger partial charge in [0, 0.05) is 20.6 Å². The van der Waals surface area contributed by atoms with Gasteiger partial charge in [-0.15, -0.1) is 0 Å². The second-order valence-corrected chi connectivity index (χ2v) is 2.84. The maximum Gasteiger partial charge on any atom is 0.320 e. The first-order chi connectivity index (χ1) is 6.61. The quantitative estimate of drug-likeness (QED) is 0.200. The minimum Gasteiger partial charge on any atom is -0.480 e. The number of hydrogen-bond acceptors (Lipinski definition) is 3. The van der Waals surface area contributed by atoms with Gasteiger partial charge in [0.05, 0.1) is 0 Å². The van der Waals surface area contributed by atoms with Gasteiger partial charge in [0.2, 0.25) is 0 Å². The molecule has 0 aliphatic rings. The highest BCUT2D eigenvalue weighted by Gasteiger charge is 2.09. The number of rotatable bonds is 5. The lowest BCUT2D eigenvalue weighted by atomic mass is 10.9. The van der Waals surface area contributed by atoms with Crippen molar-refractivity contribution >= 4 is 11.9 Å². The molecule has 0 amide bonds. The molecule has 0 rings (SSSR count). The van der Waals surface area contributed by atoms with E-state index in [-0.39, 0.29) is 0 Å². The van der Waals surface area contributed by atoms with E-state index in [1.807, 2.05) is 0 Å². The van der Waals surface area contributed by atoms with E-state index in [9.17, 15) is 4.79 Å². The summed E-state index contributed by atoms with van der Waals surface area (Å²) in [4.78, 5) is 14.3. The Morgan fingerprint density at radius 3 is 2.71 bits per heavy atom. The molecule has 0 aliphatic heterocycles. The third-order valence-corrected chi connectivity index (χ3v) is 1.76. The summed E-state index contributed by atoms with van der Waals surface area (Å²) in [7, 11) is 3.43. The van der Waals surface area contributed by atoms with E-state index < -0.39 is 12.0 Å². The fourth-order valence-corrected chi connectivity index (χ4v) is 0.931. The van der Waals surface area contributed by atoms with Crippen LogP contribution in [-0.2, 0) is 4.79 Å². The van der Waals surface area contributed by atoms with Crippen LogP contribution >= 0.6 is 0 Å². The van der Waals surface area contributed by atoms with Gasteiger partial charge in [-0.1, -0.05) is 0 Å². The van der Waals surface area contributed by atoms with E-state index in [0.717, 1.165) is 0 Å². The molecule has 0 saturated carbocycles. The van der Waals surface area contributed by atoms with Crippen molar-refractivity contribution in [3.05, 3.63) is 0 Å². The monoisotopic (exact) mass is 207 g/mol. The molecule has 0 aliphatic carbocycles. The molecule has 0 aromatic heterocycles. The van der Waals surface area contributed by atoms with Crippen LogP contribution in [0, 0.1) is 0 Å². The summed E-state index contributed by atoms with van der Waals surface area (Å²) in [6.07, 6.45) is 1.16. The Labute approximate surface area is 83.6 Å². The second-order valence-electron chi connectivity index (χ2n) is 2.84. The Morgan fingerprint density at radius 1 is 1.64 bits per heavy atom. The van der Waals surface area contributed by atoms with Crippen LogP contribution < -0.4 is 16.4 Å². The maximum absolute atomic E-state index is 10.4. The molecular weight excluding hydrogens is 189 g/mol. The average Bonchev–Trinajstić information content (AvgIpc) is 2.17. The van der Waals surface area contributed by atoms with Crippen molar-refractivity contribution in [3.8, 4) is 0 Å². The normalized spacial score (nSPS) is 13.5. The zero-order valence-electron chi connectivity index (χ0n) is 8.58. The maximum atomic E-state index is 10.4. The average molecular weight is 207 g/mol. The Hall–Kier alpha value is -1.30. The van der Waals surface area contributed by atoms with Gasteiger partial charge >= 0.3 is 5.97 Å². The largest absolute Gasteiger partial charge is 0.480 e. The van der Waals surface area contributed by atoms with E-state index in [4.69, 9.17) is 10.8 Å². The van der Waals surface area contributed by atoms with Crippen molar-refractivity contribution in [2.24, 2.45) is 10.7 Å². The summed E-state index contributed by atoms with van der Waals surface area (Å²) in [5.41, 5.74) is 5.33. The number of hydrogen-bond donors (Lipinski definition) is 4. The number of aliphatic imine (C=N–C) groups is 1. The molecule has 0 radical (unpaired) electrons. The van der Waals surface area contributed by atoms with E-state index >= 15 is 0 Å². The Bertz CT molecular complexity index is 206. The summed E-state index contributed by atoms with van der Waals surface area (Å²) in [6.45, 7) is 0.661. The fraction of sp³-hybridized carbons (Fsp3) is 0.750. The van der Waals surface area contributed by atoms with E-state index in [2.05, 4.69) is 15.6 Å². The van der Waals surface area contributed by atoms with Crippen LogP contribution in [0.1, 0.15) is 12.8 Å². The van der Waals surface area contributed by atoms with Crippen LogP contribution in [0.25, 0.3) is 0 Å². The molecule has 82 valence electrons. The van der Waals surface area contributed by atoms with E-state index in [1.54, 1.807) is 14.1 Å². The lowest BCUT2D eigenvalue weighted by Gasteiger charge is -2.09. The molecule has 0 fully saturated rings. The van der Waals surface area contributed by atoms with Crippen molar-refractivity contribution < 1.29 is 9.90 Å². The van der Waals surface area contributed by atoms with Crippen LogP contribution in [0.2, 0.25) is 0 Å². The molecule has 1 atom stereocenters. The highest BCUT2D eigenvalue weighted by atomic mass is 16.5. The first kappa shape index (κ1) is 12.7. The van der Waals surface area contributed by atoms with E-state index in [0.29, 0.717) is 25.3 Å². The molecular formula is C8H18N4O2. The highest BCUT2D eigenvalue weighted by molar-refractivity contribution is 5.79. The van der Waals surface area contributed by atoms with Crippen molar-refractivity contribution in [2.45, 2.75) is 18.9 Å². The zero-order chi connectivity index (χ0) is 11.0. The predicted octanol–water partition coefficient (Wildman–Crippen LogP) is -1.03. The van der Waals surface area contributed by atoms with Gasteiger partial charge in [0.15, 0.2) is 5.96 Å².